The first-order chi connectivity index (χ1) is 64.0. The highest BCUT2D eigenvalue weighted by Crippen LogP contribution is 2.41. The summed E-state index contributed by atoms with van der Waals surface area (Å²) < 4.78 is 138. The van der Waals surface area contributed by atoms with Crippen molar-refractivity contribution in [2.75, 3.05) is 0 Å². The second-order valence-corrected chi connectivity index (χ2v) is 31.4. The summed E-state index contributed by atoms with van der Waals surface area (Å²) >= 11 is 48.2. The quantitative estimate of drug-likeness (QED) is 0.0701. The van der Waals surface area contributed by atoms with E-state index >= 15 is 0 Å². The standard InChI is InChI=1S/8C12H12ClNO/c8*13-10-6-2-1-5-9(10)12(14)8-4-3-7-11(12)15/h8*1-3,5-7H,4,8,14H2/i3D,4D2,7D;4D2,7D;3D,7D;3D,4D2;8D2;7D;4D2;3D. The van der Waals surface area contributed by atoms with Gasteiger partial charge in [-0.3, -0.25) is 38.4 Å². The molecular weight excluding hydrogens is 1680 g/mol. The van der Waals surface area contributed by atoms with Crippen molar-refractivity contribution in [3.8, 4) is 0 Å². The van der Waals surface area contributed by atoms with Crippen LogP contribution >= 0.6 is 92.8 Å². The Balaban J connectivity index is 0.000000177. The minimum absolute atomic E-state index is 0.0198. The number of hydrogen-bond acceptors (Lipinski definition) is 16. The summed E-state index contributed by atoms with van der Waals surface area (Å²) in [5.74, 6) is -3.77. The van der Waals surface area contributed by atoms with Crippen LogP contribution in [0.2, 0.25) is 40.2 Å². The van der Waals surface area contributed by atoms with E-state index in [1.807, 2.05) is 6.07 Å². The van der Waals surface area contributed by atoms with Gasteiger partial charge in [-0.05, 0) is 244 Å². The van der Waals surface area contributed by atoms with Crippen LogP contribution in [0.4, 0.5) is 0 Å². The van der Waals surface area contributed by atoms with Crippen molar-refractivity contribution in [1.29, 1.82) is 0 Å². The fraction of sp³-hybridized carbons (Fsp3) is 0.250. The van der Waals surface area contributed by atoms with Crippen LogP contribution in [0.5, 0.6) is 0 Å². The van der Waals surface area contributed by atoms with Crippen LogP contribution in [0.3, 0.4) is 0 Å². The van der Waals surface area contributed by atoms with E-state index in [9.17, 15) is 38.4 Å². The number of rotatable bonds is 8. The van der Waals surface area contributed by atoms with Gasteiger partial charge in [0.2, 0.25) is 0 Å². The van der Waals surface area contributed by atoms with Crippen LogP contribution in [0, 0.1) is 0 Å². The molecule has 0 heterocycles. The Morgan fingerprint density at radius 1 is 0.225 bits per heavy atom. The average Bonchev–Trinajstić information content (AvgIpc) is 0.742. The summed E-state index contributed by atoms with van der Waals surface area (Å²) in [5, 5.41) is 2.97. The van der Waals surface area contributed by atoms with Crippen molar-refractivity contribution in [3.05, 3.63) is 376 Å². The van der Waals surface area contributed by atoms with Crippen molar-refractivity contribution in [2.45, 2.75) is 147 Å². The molecule has 16 nitrogen and oxygen atoms in total. The highest BCUT2D eigenvalue weighted by atomic mass is 35.5. The number of carbonyl (C=O) groups is 8. The Hall–Kier alpha value is -8.96. The van der Waals surface area contributed by atoms with Crippen LogP contribution in [-0.4, -0.2) is 46.3 Å². The highest BCUT2D eigenvalue weighted by Gasteiger charge is 2.44. The minimum Gasteiger partial charge on any atom is -0.315 e. The second kappa shape index (κ2) is 42.7. The SMILES string of the molecule is [2H]C1([2H])C=CC(=O)C(N)(c2ccccc2Cl)C1.[2H]C1([2H])CC=CC(=O)C1(N)c1ccccc1Cl.[2H]C1=C([2H])C(=O)C(N)(c2ccccc2Cl)CC1.[2H]C1=C([2H])C([2H])([2H])CC(N)(c2ccccc2Cl)C1=O.[2H]C1=CC(=O)C(N)(c2ccccc2Cl)CC1.[2H]C1=CC(=O)C(N)(c2ccccc2Cl)CC1([2H])[2H].[2H]C1=CC([2H])([2H])CC(N)(c2ccccc2Cl)C1=O.[2H]C1=CCCC(N)(c2ccccc2Cl)C1=O. The lowest BCUT2D eigenvalue weighted by atomic mass is 9.79. The summed E-state index contributed by atoms with van der Waals surface area (Å²) in [6.45, 7) is 0. The molecule has 0 aliphatic heterocycles. The van der Waals surface area contributed by atoms with E-state index in [-0.39, 0.29) is 77.8 Å². The first-order valence-corrected chi connectivity index (χ1v) is 40.2. The molecule has 8 unspecified atom stereocenters. The molecule has 0 radical (unpaired) electrons. The molecule has 8 aliphatic carbocycles. The third kappa shape index (κ3) is 22.3. The van der Waals surface area contributed by atoms with Crippen LogP contribution in [-0.2, 0) is 82.7 Å². The maximum atomic E-state index is 12.2. The number of hydrogen-bond donors (Lipinski definition) is 8. The summed E-state index contributed by atoms with van der Waals surface area (Å²) in [7, 11) is 0. The molecule has 8 aromatic rings. The molecule has 0 bridgehead atoms. The zero-order valence-corrected chi connectivity index (χ0v) is 70.3. The number of allylic oxidation sites excluding steroid dienone is 8. The Labute approximate surface area is 766 Å². The predicted molar refractivity (Wildman–Crippen MR) is 486 cm³/mol. The average molecular weight is 1790 g/mol. The van der Waals surface area contributed by atoms with Gasteiger partial charge in [0.05, 0.1) is 11.0 Å². The van der Waals surface area contributed by atoms with Gasteiger partial charge in [0.15, 0.2) is 46.3 Å². The molecule has 0 amide bonds. The van der Waals surface area contributed by atoms with Crippen molar-refractivity contribution in [1.82, 2.24) is 0 Å². The topological polar surface area (TPSA) is 345 Å². The van der Waals surface area contributed by atoms with Crippen molar-refractivity contribution in [3.63, 3.8) is 0 Å². The van der Waals surface area contributed by atoms with Crippen molar-refractivity contribution in [2.24, 2.45) is 45.9 Å². The first kappa shape index (κ1) is 71.6. The van der Waals surface area contributed by atoms with Gasteiger partial charge in [-0.2, -0.15) is 0 Å². The van der Waals surface area contributed by atoms with E-state index in [2.05, 4.69) is 0 Å². The van der Waals surface area contributed by atoms with Gasteiger partial charge in [0.1, 0.15) is 44.3 Å². The lowest BCUT2D eigenvalue weighted by molar-refractivity contribution is -0.121. The van der Waals surface area contributed by atoms with E-state index in [0.717, 1.165) is 12.2 Å². The summed E-state index contributed by atoms with van der Waals surface area (Å²) in [4.78, 5) is 96.1. The van der Waals surface area contributed by atoms with Gasteiger partial charge in [-0.15, -0.1) is 0 Å². The predicted octanol–water partition coefficient (Wildman–Crippen LogP) is 19.3. The van der Waals surface area contributed by atoms with Crippen molar-refractivity contribution < 1.29 is 63.0 Å². The third-order valence-corrected chi connectivity index (χ3v) is 22.9. The van der Waals surface area contributed by atoms with Gasteiger partial charge in [0, 0.05) is 53.9 Å². The van der Waals surface area contributed by atoms with Crippen LogP contribution in [0.1, 0.15) is 172 Å². The summed E-state index contributed by atoms with van der Waals surface area (Å²) in [6.07, 6.45) is 2.66. The Bertz CT molecular complexity index is 6390. The lowest BCUT2D eigenvalue weighted by Crippen LogP contribution is -2.45. The molecule has 8 atom stereocenters. The Morgan fingerprint density at radius 3 is 0.833 bits per heavy atom. The van der Waals surface area contributed by atoms with Gasteiger partial charge < -0.3 is 45.9 Å². The molecule has 0 aromatic heterocycles. The molecule has 0 fully saturated rings. The van der Waals surface area contributed by atoms with Crippen molar-refractivity contribution >= 4 is 139 Å². The molecule has 24 heteroatoms. The fourth-order valence-electron chi connectivity index (χ4n) is 13.2. The molecule has 0 spiro atoms. The zero-order valence-electron chi connectivity index (χ0n) is 82.3. The number of carbonyl (C=O) groups excluding carboxylic acids is 8. The number of benzene rings is 8. The van der Waals surface area contributed by atoms with Gasteiger partial charge >= 0.3 is 0 Å². The third-order valence-electron chi connectivity index (χ3n) is 20.3. The molecule has 16 rings (SSSR count). The Kier molecular flexibility index (Phi) is 25.5. The molecule has 8 aliphatic rings. The van der Waals surface area contributed by atoms with E-state index < -0.39 is 130 Å². The van der Waals surface area contributed by atoms with Gasteiger partial charge in [0.25, 0.3) is 0 Å². The molecule has 16 N–H and O–H groups in total. The van der Waals surface area contributed by atoms with Crippen LogP contribution < -0.4 is 45.9 Å². The molecule has 624 valence electrons. The fourth-order valence-corrected chi connectivity index (χ4v) is 15.6. The molecular formula is C96H96Cl8N8O8. The normalized spacial score (nSPS) is 30.5. The number of halogens is 8. The second-order valence-electron chi connectivity index (χ2n) is 28.2. The summed E-state index contributed by atoms with van der Waals surface area (Å²) in [6, 6.07) is 52.0. The minimum atomic E-state index is -2.13. The maximum Gasteiger partial charge on any atom is 0.179 e. The highest BCUT2D eigenvalue weighted by molar-refractivity contribution is 6.35. The van der Waals surface area contributed by atoms with Crippen LogP contribution in [0.25, 0.3) is 0 Å². The van der Waals surface area contributed by atoms with Crippen LogP contribution in [0.15, 0.2) is 291 Å². The molecule has 0 saturated carbocycles. The monoisotopic (exact) mass is 1790 g/mol. The molecule has 8 aromatic carbocycles. The number of nitrogens with two attached hydrogens (primary N) is 8. The molecule has 120 heavy (non-hydrogen) atoms. The van der Waals surface area contributed by atoms with E-state index in [0.29, 0.717) is 119 Å². The molecule has 0 saturated heterocycles. The largest absolute Gasteiger partial charge is 0.315 e. The Morgan fingerprint density at radius 2 is 0.467 bits per heavy atom. The lowest BCUT2D eigenvalue weighted by Gasteiger charge is -2.30. The summed E-state index contributed by atoms with van der Waals surface area (Å²) in [5.41, 5.74) is 40.9. The van der Waals surface area contributed by atoms with E-state index in [1.54, 1.807) is 194 Å². The van der Waals surface area contributed by atoms with Gasteiger partial charge in [-0.25, -0.2) is 0 Å². The number of ketones is 8. The zero-order chi connectivity index (χ0) is 103. The van der Waals surface area contributed by atoms with Gasteiger partial charge in [-0.1, -0.05) is 287 Å². The van der Waals surface area contributed by atoms with E-state index in [4.69, 9.17) is 163 Å². The maximum absolute atomic E-state index is 12.2. The first-order valence-electron chi connectivity index (χ1n) is 46.1. The van der Waals surface area contributed by atoms with E-state index in [1.165, 1.54) is 30.4 Å². The smallest absolute Gasteiger partial charge is 0.179 e.